The maximum absolute atomic E-state index is 11.9. The number of hydrogen-bond donors (Lipinski definition) is 1. The van der Waals surface area contributed by atoms with E-state index in [-0.39, 0.29) is 17.4 Å². The number of ether oxygens (including phenoxy) is 1. The second kappa shape index (κ2) is 7.18. The van der Waals surface area contributed by atoms with Gasteiger partial charge in [0.2, 0.25) is 0 Å². The highest BCUT2D eigenvalue weighted by molar-refractivity contribution is 6.13. The van der Waals surface area contributed by atoms with Crippen LogP contribution in [0.3, 0.4) is 0 Å². The van der Waals surface area contributed by atoms with Gasteiger partial charge in [-0.3, -0.25) is 14.5 Å². The summed E-state index contributed by atoms with van der Waals surface area (Å²) in [4.78, 5) is 25.1. The van der Waals surface area contributed by atoms with E-state index >= 15 is 0 Å². The van der Waals surface area contributed by atoms with Gasteiger partial charge in [0.05, 0.1) is 11.1 Å². The van der Waals surface area contributed by atoms with E-state index in [1.807, 2.05) is 20.9 Å². The third-order valence-corrected chi connectivity index (χ3v) is 4.22. The van der Waals surface area contributed by atoms with Gasteiger partial charge in [0.25, 0.3) is 11.8 Å². The van der Waals surface area contributed by atoms with Crippen molar-refractivity contribution >= 4 is 11.8 Å². The first-order valence-electron chi connectivity index (χ1n) is 7.60. The van der Waals surface area contributed by atoms with Gasteiger partial charge in [-0.25, -0.2) is 0 Å². The molecule has 1 heterocycles. The summed E-state index contributed by atoms with van der Waals surface area (Å²) < 4.78 is 5.95. The first-order chi connectivity index (χ1) is 9.75. The average Bonchev–Trinajstić information content (AvgIpc) is 2.76. The molecule has 1 aliphatic heterocycles. The van der Waals surface area contributed by atoms with Crippen LogP contribution in [0.5, 0.6) is 0 Å². The second-order valence-corrected chi connectivity index (χ2v) is 6.41. The smallest absolute Gasteiger partial charge is 0.254 e. The first kappa shape index (κ1) is 17.9. The Morgan fingerprint density at radius 2 is 1.71 bits per heavy atom. The molecule has 120 valence electrons. The molecule has 0 saturated carbocycles. The lowest BCUT2D eigenvalue weighted by molar-refractivity contribution is -0.145. The molecule has 0 saturated heterocycles. The maximum Gasteiger partial charge on any atom is 0.254 e. The second-order valence-electron chi connectivity index (χ2n) is 6.41. The molecule has 0 bridgehead atoms. The van der Waals surface area contributed by atoms with Gasteiger partial charge in [-0.2, -0.15) is 0 Å². The van der Waals surface area contributed by atoms with Crippen molar-refractivity contribution in [2.24, 2.45) is 0 Å². The Morgan fingerprint density at radius 1 is 1.14 bits per heavy atom. The van der Waals surface area contributed by atoms with Gasteiger partial charge in [-0.15, -0.1) is 0 Å². The molecular weight excluding hydrogens is 268 g/mol. The van der Waals surface area contributed by atoms with Gasteiger partial charge in [-0.05, 0) is 53.6 Å². The van der Waals surface area contributed by atoms with E-state index in [0.29, 0.717) is 19.4 Å². The zero-order valence-electron chi connectivity index (χ0n) is 13.9. The SMILES string of the molecule is CCC(C)(CCOC(C)(C)CCNC)N1C(=O)C=CC1=O. The highest BCUT2D eigenvalue weighted by Gasteiger charge is 2.39. The quantitative estimate of drug-likeness (QED) is 0.660. The van der Waals surface area contributed by atoms with Crippen LogP contribution in [0.15, 0.2) is 12.2 Å². The molecular formula is C16H28N2O3. The van der Waals surface area contributed by atoms with Crippen LogP contribution in [0, 0.1) is 0 Å². The summed E-state index contributed by atoms with van der Waals surface area (Å²) in [6.45, 7) is 9.47. The number of imide groups is 1. The van der Waals surface area contributed by atoms with Crippen molar-refractivity contribution < 1.29 is 14.3 Å². The van der Waals surface area contributed by atoms with Crippen molar-refractivity contribution in [2.45, 2.75) is 58.1 Å². The van der Waals surface area contributed by atoms with Gasteiger partial charge in [0, 0.05) is 18.8 Å². The Labute approximate surface area is 127 Å². The number of nitrogens with zero attached hydrogens (tertiary/aromatic N) is 1. The van der Waals surface area contributed by atoms with Gasteiger partial charge in [0.15, 0.2) is 0 Å². The lowest BCUT2D eigenvalue weighted by Gasteiger charge is -2.37. The molecule has 0 aromatic rings. The first-order valence-corrected chi connectivity index (χ1v) is 7.60. The molecule has 1 atom stereocenters. The minimum absolute atomic E-state index is 0.213. The van der Waals surface area contributed by atoms with Crippen LogP contribution < -0.4 is 5.32 Å². The van der Waals surface area contributed by atoms with Crippen molar-refractivity contribution in [3.8, 4) is 0 Å². The molecule has 0 fully saturated rings. The maximum atomic E-state index is 11.9. The molecule has 1 aliphatic rings. The Hall–Kier alpha value is -1.20. The number of carbonyl (C=O) groups excluding carboxylic acids is 2. The van der Waals surface area contributed by atoms with Crippen LogP contribution in [-0.2, 0) is 14.3 Å². The van der Waals surface area contributed by atoms with Crippen LogP contribution in [0.4, 0.5) is 0 Å². The Kier molecular flexibility index (Phi) is 6.10. The van der Waals surface area contributed by atoms with Gasteiger partial charge in [-0.1, -0.05) is 6.92 Å². The van der Waals surface area contributed by atoms with E-state index in [4.69, 9.17) is 4.74 Å². The van der Waals surface area contributed by atoms with Crippen molar-refractivity contribution in [1.82, 2.24) is 10.2 Å². The van der Waals surface area contributed by atoms with Gasteiger partial charge in [0.1, 0.15) is 0 Å². The van der Waals surface area contributed by atoms with Gasteiger partial charge >= 0.3 is 0 Å². The molecule has 21 heavy (non-hydrogen) atoms. The fourth-order valence-electron chi connectivity index (χ4n) is 2.42. The molecule has 1 N–H and O–H groups in total. The van der Waals surface area contributed by atoms with E-state index in [0.717, 1.165) is 13.0 Å². The molecule has 5 heteroatoms. The number of carbonyl (C=O) groups is 2. The normalized spacial score (nSPS) is 18.4. The van der Waals surface area contributed by atoms with E-state index < -0.39 is 5.54 Å². The predicted octanol–water partition coefficient (Wildman–Crippen LogP) is 1.87. The van der Waals surface area contributed by atoms with E-state index in [2.05, 4.69) is 19.2 Å². The summed E-state index contributed by atoms with van der Waals surface area (Å²) in [5, 5.41) is 3.11. The van der Waals surface area contributed by atoms with Gasteiger partial charge < -0.3 is 10.1 Å². The van der Waals surface area contributed by atoms with Crippen LogP contribution >= 0.6 is 0 Å². The fraction of sp³-hybridized carbons (Fsp3) is 0.750. The zero-order valence-corrected chi connectivity index (χ0v) is 13.9. The molecule has 0 aromatic heterocycles. The number of hydrogen-bond acceptors (Lipinski definition) is 4. The topological polar surface area (TPSA) is 58.6 Å². The molecule has 0 radical (unpaired) electrons. The Balaban J connectivity index is 2.58. The third kappa shape index (κ3) is 4.64. The lowest BCUT2D eigenvalue weighted by Crippen LogP contribution is -2.50. The van der Waals surface area contributed by atoms with E-state index in [9.17, 15) is 9.59 Å². The standard InChI is InChI=1S/C16H28N2O3/c1-6-16(4,18-13(19)7-8-14(18)20)10-12-21-15(2,3)9-11-17-5/h7-8,17H,6,9-12H2,1-5H3. The summed E-state index contributed by atoms with van der Waals surface area (Å²) >= 11 is 0. The zero-order chi connectivity index (χ0) is 16.1. The highest BCUT2D eigenvalue weighted by Crippen LogP contribution is 2.28. The van der Waals surface area contributed by atoms with Crippen molar-refractivity contribution in [3.63, 3.8) is 0 Å². The number of rotatable bonds is 9. The summed E-state index contributed by atoms with van der Waals surface area (Å²) in [6, 6.07) is 0. The highest BCUT2D eigenvalue weighted by atomic mass is 16.5. The van der Waals surface area contributed by atoms with Crippen molar-refractivity contribution in [1.29, 1.82) is 0 Å². The molecule has 0 aliphatic carbocycles. The van der Waals surface area contributed by atoms with Crippen molar-refractivity contribution in [3.05, 3.63) is 12.2 Å². The van der Waals surface area contributed by atoms with Crippen LogP contribution in [0.25, 0.3) is 0 Å². The summed E-state index contributed by atoms with van der Waals surface area (Å²) in [6.07, 6.45) is 4.95. The summed E-state index contributed by atoms with van der Waals surface area (Å²) in [5.74, 6) is -0.447. The number of nitrogens with one attached hydrogen (secondary N) is 1. The van der Waals surface area contributed by atoms with Crippen LogP contribution in [-0.4, -0.2) is 48.1 Å². The molecule has 0 spiro atoms. The Bertz CT molecular complexity index is 400. The molecule has 1 rings (SSSR count). The average molecular weight is 296 g/mol. The Morgan fingerprint density at radius 3 is 2.19 bits per heavy atom. The van der Waals surface area contributed by atoms with Crippen molar-refractivity contribution in [2.75, 3.05) is 20.2 Å². The summed E-state index contributed by atoms with van der Waals surface area (Å²) in [7, 11) is 1.92. The minimum atomic E-state index is -0.489. The number of amides is 2. The van der Waals surface area contributed by atoms with Crippen LogP contribution in [0.1, 0.15) is 47.0 Å². The molecule has 2 amide bonds. The molecule has 1 unspecified atom stereocenters. The predicted molar refractivity (Wildman–Crippen MR) is 82.9 cm³/mol. The van der Waals surface area contributed by atoms with E-state index in [1.54, 1.807) is 0 Å². The molecule has 0 aromatic carbocycles. The lowest BCUT2D eigenvalue weighted by atomic mass is 9.92. The fourth-order valence-corrected chi connectivity index (χ4v) is 2.42. The van der Waals surface area contributed by atoms with Crippen LogP contribution in [0.2, 0.25) is 0 Å². The van der Waals surface area contributed by atoms with E-state index in [1.165, 1.54) is 17.1 Å². The monoisotopic (exact) mass is 296 g/mol. The minimum Gasteiger partial charge on any atom is -0.375 e. The third-order valence-electron chi connectivity index (χ3n) is 4.22. The largest absolute Gasteiger partial charge is 0.375 e. The summed E-state index contributed by atoms with van der Waals surface area (Å²) in [5.41, 5.74) is -0.703. The molecule has 5 nitrogen and oxygen atoms in total.